The zero-order valence-electron chi connectivity index (χ0n) is 22.9. The molecule has 11 heteroatoms. The molecule has 3 aromatic carbocycles. The fraction of sp³-hybridized carbons (Fsp3) is 0.310. The van der Waals surface area contributed by atoms with Crippen molar-refractivity contribution in [3.63, 3.8) is 0 Å². The number of methoxy groups -OCH3 is 1. The Morgan fingerprint density at radius 1 is 0.950 bits per heavy atom. The number of aryl methyl sites for hydroxylation is 1. The topological polar surface area (TPSA) is 96.0 Å². The van der Waals surface area contributed by atoms with Crippen LogP contribution in [-0.4, -0.2) is 51.4 Å². The van der Waals surface area contributed by atoms with Gasteiger partial charge in [-0.25, -0.2) is 8.42 Å². The number of sulfonamides is 1. The number of nitrogens with one attached hydrogen (secondary N) is 1. The van der Waals surface area contributed by atoms with Gasteiger partial charge in [-0.3, -0.25) is 13.9 Å². The number of nitrogens with zero attached hydrogens (tertiary/aromatic N) is 2. The summed E-state index contributed by atoms with van der Waals surface area (Å²) in [6, 6.07) is 17.0. The Morgan fingerprint density at radius 2 is 1.60 bits per heavy atom. The van der Waals surface area contributed by atoms with Gasteiger partial charge in [-0.2, -0.15) is 0 Å². The SMILES string of the molecule is CCNC(=O)[C@H](CC)N(Cc1ccc(OC)cc1)C(=O)CN(c1ccc(Cl)c(Cl)c1)S(=O)(=O)c1ccc(C)cc1. The van der Waals surface area contributed by atoms with Gasteiger partial charge in [0.15, 0.2) is 0 Å². The average Bonchev–Trinajstić information content (AvgIpc) is 2.93. The molecule has 40 heavy (non-hydrogen) atoms. The van der Waals surface area contributed by atoms with Crippen LogP contribution in [0.1, 0.15) is 31.4 Å². The van der Waals surface area contributed by atoms with E-state index in [1.807, 2.05) is 6.92 Å². The van der Waals surface area contributed by atoms with Gasteiger partial charge in [-0.15, -0.1) is 0 Å². The quantitative estimate of drug-likeness (QED) is 0.296. The molecule has 0 aliphatic carbocycles. The van der Waals surface area contributed by atoms with Gasteiger partial charge in [0.2, 0.25) is 11.8 Å². The zero-order valence-corrected chi connectivity index (χ0v) is 25.2. The van der Waals surface area contributed by atoms with Crippen LogP contribution in [0.25, 0.3) is 0 Å². The van der Waals surface area contributed by atoms with Crippen molar-refractivity contribution in [2.24, 2.45) is 0 Å². The monoisotopic (exact) mass is 605 g/mol. The number of carbonyl (C=O) groups is 2. The summed E-state index contributed by atoms with van der Waals surface area (Å²) in [6.45, 7) is 5.34. The molecule has 0 unspecified atom stereocenters. The highest BCUT2D eigenvalue weighted by atomic mass is 35.5. The molecular weight excluding hydrogens is 573 g/mol. The van der Waals surface area contributed by atoms with E-state index in [0.29, 0.717) is 18.7 Å². The maximum Gasteiger partial charge on any atom is 0.264 e. The fourth-order valence-electron chi connectivity index (χ4n) is 4.15. The summed E-state index contributed by atoms with van der Waals surface area (Å²) in [4.78, 5) is 28.4. The van der Waals surface area contributed by atoms with Gasteiger partial charge < -0.3 is 15.0 Å². The van der Waals surface area contributed by atoms with Gasteiger partial charge in [0.1, 0.15) is 18.3 Å². The minimum absolute atomic E-state index is 0.00874. The first-order valence-corrected chi connectivity index (χ1v) is 15.0. The molecule has 1 atom stereocenters. The molecule has 0 saturated carbocycles. The first-order chi connectivity index (χ1) is 19.0. The Kier molecular flexibility index (Phi) is 10.8. The summed E-state index contributed by atoms with van der Waals surface area (Å²) in [7, 11) is -2.65. The summed E-state index contributed by atoms with van der Waals surface area (Å²) in [5.74, 6) is -0.239. The maximum absolute atomic E-state index is 14.0. The number of rotatable bonds is 12. The van der Waals surface area contributed by atoms with Gasteiger partial charge >= 0.3 is 0 Å². The molecule has 0 fully saturated rings. The number of likely N-dealkylation sites (N-methyl/N-ethyl adjacent to an activating group) is 1. The normalized spacial score (nSPS) is 11.9. The Labute approximate surface area is 245 Å². The highest BCUT2D eigenvalue weighted by Crippen LogP contribution is 2.31. The third-order valence-electron chi connectivity index (χ3n) is 6.33. The van der Waals surface area contributed by atoms with Crippen molar-refractivity contribution in [1.29, 1.82) is 0 Å². The molecule has 0 spiro atoms. The van der Waals surface area contributed by atoms with E-state index in [-0.39, 0.29) is 33.1 Å². The lowest BCUT2D eigenvalue weighted by atomic mass is 10.1. The summed E-state index contributed by atoms with van der Waals surface area (Å²) < 4.78 is 34.0. The molecule has 0 bridgehead atoms. The molecule has 0 aliphatic heterocycles. The Balaban J connectivity index is 2.07. The van der Waals surface area contributed by atoms with Crippen molar-refractivity contribution in [2.75, 3.05) is 24.5 Å². The second-order valence-corrected chi connectivity index (χ2v) is 11.8. The van der Waals surface area contributed by atoms with Crippen LogP contribution in [-0.2, 0) is 26.2 Å². The van der Waals surface area contributed by atoms with E-state index in [2.05, 4.69) is 5.32 Å². The summed E-state index contributed by atoms with van der Waals surface area (Å²) in [5, 5.41) is 3.16. The van der Waals surface area contributed by atoms with Gasteiger partial charge in [-0.1, -0.05) is 60.0 Å². The molecule has 3 rings (SSSR count). The van der Waals surface area contributed by atoms with Crippen LogP contribution in [0.3, 0.4) is 0 Å². The van der Waals surface area contributed by atoms with Gasteiger partial charge in [0, 0.05) is 13.1 Å². The molecule has 0 heterocycles. The molecular formula is C29H33Cl2N3O5S. The van der Waals surface area contributed by atoms with Crippen molar-refractivity contribution < 1.29 is 22.7 Å². The van der Waals surface area contributed by atoms with E-state index in [4.69, 9.17) is 27.9 Å². The van der Waals surface area contributed by atoms with Crippen molar-refractivity contribution in [2.45, 2.75) is 44.7 Å². The van der Waals surface area contributed by atoms with Gasteiger partial charge in [0.05, 0.1) is 27.7 Å². The zero-order chi connectivity index (χ0) is 29.4. The largest absolute Gasteiger partial charge is 0.497 e. The summed E-state index contributed by atoms with van der Waals surface area (Å²) >= 11 is 12.3. The number of halogens is 2. The van der Waals surface area contributed by atoms with Crippen LogP contribution in [0.15, 0.2) is 71.6 Å². The van der Waals surface area contributed by atoms with Crippen LogP contribution in [0.2, 0.25) is 10.0 Å². The molecule has 3 aromatic rings. The highest BCUT2D eigenvalue weighted by Gasteiger charge is 2.33. The van der Waals surface area contributed by atoms with Crippen LogP contribution < -0.4 is 14.4 Å². The Bertz CT molecular complexity index is 1430. The summed E-state index contributed by atoms with van der Waals surface area (Å²) in [6.07, 6.45) is 0.325. The Hall–Kier alpha value is -3.27. The lowest BCUT2D eigenvalue weighted by Gasteiger charge is -2.33. The third-order valence-corrected chi connectivity index (χ3v) is 8.86. The average molecular weight is 607 g/mol. The summed E-state index contributed by atoms with van der Waals surface area (Å²) in [5.41, 5.74) is 1.80. The molecule has 214 valence electrons. The first kappa shape index (κ1) is 31.3. The molecule has 8 nitrogen and oxygen atoms in total. The first-order valence-electron chi connectivity index (χ1n) is 12.8. The van der Waals surface area contributed by atoms with Crippen LogP contribution in [0.4, 0.5) is 5.69 Å². The Morgan fingerprint density at radius 3 is 2.15 bits per heavy atom. The number of hydrogen-bond donors (Lipinski definition) is 1. The number of amides is 2. The number of ether oxygens (including phenoxy) is 1. The molecule has 0 aromatic heterocycles. The molecule has 0 radical (unpaired) electrons. The number of carbonyl (C=O) groups excluding carboxylic acids is 2. The van der Waals surface area contributed by atoms with Gasteiger partial charge in [-0.05, 0) is 68.3 Å². The van der Waals surface area contributed by atoms with Crippen molar-refractivity contribution in [3.8, 4) is 5.75 Å². The van der Waals surface area contributed by atoms with E-state index in [0.717, 1.165) is 15.4 Å². The third kappa shape index (κ3) is 7.47. The second-order valence-electron chi connectivity index (χ2n) is 9.11. The van der Waals surface area contributed by atoms with Gasteiger partial charge in [0.25, 0.3) is 10.0 Å². The number of benzene rings is 3. The maximum atomic E-state index is 14.0. The molecule has 2 amide bonds. The fourth-order valence-corrected chi connectivity index (χ4v) is 5.84. The molecule has 0 aliphatic rings. The minimum Gasteiger partial charge on any atom is -0.497 e. The predicted octanol–water partition coefficient (Wildman–Crippen LogP) is 5.45. The van der Waals surface area contributed by atoms with E-state index in [1.54, 1.807) is 57.4 Å². The predicted molar refractivity (Wildman–Crippen MR) is 158 cm³/mol. The lowest BCUT2D eigenvalue weighted by molar-refractivity contribution is -0.140. The standard InChI is InChI=1S/C29H33Cl2N3O5S/c1-5-27(29(36)32-6-2)33(18-21-9-12-23(39-4)13-10-21)28(35)19-34(22-11-16-25(30)26(31)17-22)40(37,38)24-14-7-20(3)8-15-24/h7-17,27H,5-6,18-19H2,1-4H3,(H,32,36)/t27-/m0/s1. The number of hydrogen-bond acceptors (Lipinski definition) is 5. The number of anilines is 1. The van der Waals surface area contributed by atoms with Crippen LogP contribution in [0, 0.1) is 6.92 Å². The van der Waals surface area contributed by atoms with E-state index < -0.39 is 28.5 Å². The highest BCUT2D eigenvalue weighted by molar-refractivity contribution is 7.92. The van der Waals surface area contributed by atoms with Crippen LogP contribution in [0.5, 0.6) is 5.75 Å². The van der Waals surface area contributed by atoms with Crippen molar-refractivity contribution in [3.05, 3.63) is 87.9 Å². The second kappa shape index (κ2) is 13.9. The van der Waals surface area contributed by atoms with E-state index >= 15 is 0 Å². The molecule has 1 N–H and O–H groups in total. The smallest absolute Gasteiger partial charge is 0.264 e. The van der Waals surface area contributed by atoms with Crippen molar-refractivity contribution in [1.82, 2.24) is 10.2 Å². The minimum atomic E-state index is -4.21. The van der Waals surface area contributed by atoms with E-state index in [9.17, 15) is 18.0 Å². The van der Waals surface area contributed by atoms with Crippen LogP contribution >= 0.6 is 23.2 Å². The lowest BCUT2D eigenvalue weighted by Crippen LogP contribution is -2.52. The molecule has 0 saturated heterocycles. The van der Waals surface area contributed by atoms with Crippen molar-refractivity contribution >= 4 is 50.7 Å². The van der Waals surface area contributed by atoms with E-state index in [1.165, 1.54) is 35.2 Å².